The summed E-state index contributed by atoms with van der Waals surface area (Å²) < 4.78 is 35.7. The number of likely N-dealkylation sites (tertiary alicyclic amines) is 1. The Labute approximate surface area is 105 Å². The first-order chi connectivity index (χ1) is 8.24. The molecule has 0 aromatic heterocycles. The molecule has 0 spiro atoms. The van der Waals surface area contributed by atoms with Gasteiger partial charge in [-0.25, -0.2) is 0 Å². The molecule has 1 heterocycles. The Morgan fingerprint density at radius 1 is 1.33 bits per heavy atom. The topological polar surface area (TPSA) is 44.4 Å². The molecule has 7 heteroatoms. The van der Waals surface area contributed by atoms with E-state index in [1.54, 1.807) is 0 Å². The third-order valence-electron chi connectivity index (χ3n) is 3.42. The van der Waals surface area contributed by atoms with Crippen molar-refractivity contribution in [2.45, 2.75) is 31.5 Å². The highest BCUT2D eigenvalue weighted by Gasteiger charge is 2.30. The van der Waals surface area contributed by atoms with Crippen LogP contribution in [0.3, 0.4) is 0 Å². The van der Waals surface area contributed by atoms with Crippen molar-refractivity contribution in [3.8, 4) is 0 Å². The van der Waals surface area contributed by atoms with Crippen LogP contribution in [0.5, 0.6) is 0 Å². The Morgan fingerprint density at radius 3 is 2.33 bits per heavy atom. The Bertz CT molecular complexity index is 286. The van der Waals surface area contributed by atoms with Gasteiger partial charge in [0.25, 0.3) is 0 Å². The van der Waals surface area contributed by atoms with Gasteiger partial charge in [0.2, 0.25) is 5.91 Å². The highest BCUT2D eigenvalue weighted by Crippen LogP contribution is 2.20. The fourth-order valence-corrected chi connectivity index (χ4v) is 1.91. The van der Waals surface area contributed by atoms with Gasteiger partial charge >= 0.3 is 6.18 Å². The number of alkyl halides is 3. The minimum atomic E-state index is -4.34. The van der Waals surface area contributed by atoms with E-state index in [0.29, 0.717) is 0 Å². The van der Waals surface area contributed by atoms with E-state index in [1.165, 1.54) is 0 Å². The predicted octanol–water partition coefficient (Wildman–Crippen LogP) is 0.739. The molecule has 1 saturated heterocycles. The lowest BCUT2D eigenvalue weighted by molar-refractivity contribution is -0.139. The molecule has 1 rings (SSSR count). The Hall–Kier alpha value is -0.820. The maximum atomic E-state index is 11.9. The molecule has 1 fully saturated rings. The summed E-state index contributed by atoms with van der Waals surface area (Å²) in [6, 6.07) is 0. The van der Waals surface area contributed by atoms with Crippen LogP contribution >= 0.6 is 0 Å². The van der Waals surface area contributed by atoms with Crippen LogP contribution in [-0.4, -0.2) is 55.7 Å². The molecule has 4 nitrogen and oxygen atoms in total. The summed E-state index contributed by atoms with van der Waals surface area (Å²) in [6.07, 6.45) is -2.58. The van der Waals surface area contributed by atoms with E-state index in [0.717, 1.165) is 25.9 Å². The summed E-state index contributed by atoms with van der Waals surface area (Å²) in [5.41, 5.74) is 0.0684. The molecule has 18 heavy (non-hydrogen) atoms. The van der Waals surface area contributed by atoms with Crippen LogP contribution in [0.15, 0.2) is 0 Å². The molecule has 0 saturated carbocycles. The molecule has 0 aromatic carbocycles. The molecule has 1 aliphatic rings. The van der Waals surface area contributed by atoms with Gasteiger partial charge in [-0.2, -0.15) is 13.2 Å². The number of carbonyl (C=O) groups is 1. The number of nitrogens with one attached hydrogen (secondary N) is 2. The standard InChI is InChI=1S/C11H20F3N3O/c1-10(15-2)3-5-17(6-4-10)7-9(18)16-8-11(12,13)14/h15H,3-8H2,1-2H3,(H,16,18). The van der Waals surface area contributed by atoms with Gasteiger partial charge in [0.1, 0.15) is 6.54 Å². The van der Waals surface area contributed by atoms with Crippen LogP contribution in [0.1, 0.15) is 19.8 Å². The summed E-state index contributed by atoms with van der Waals surface area (Å²) in [6.45, 7) is 2.32. The van der Waals surface area contributed by atoms with Crippen molar-refractivity contribution in [2.24, 2.45) is 0 Å². The normalized spacial score (nSPS) is 20.7. The molecule has 2 N–H and O–H groups in total. The van der Waals surface area contributed by atoms with Gasteiger partial charge in [-0.1, -0.05) is 0 Å². The van der Waals surface area contributed by atoms with Crippen LogP contribution in [0.25, 0.3) is 0 Å². The number of nitrogens with zero attached hydrogens (tertiary/aromatic N) is 1. The van der Waals surface area contributed by atoms with Gasteiger partial charge in [0.15, 0.2) is 0 Å². The van der Waals surface area contributed by atoms with E-state index in [9.17, 15) is 18.0 Å². The van der Waals surface area contributed by atoms with Crippen LogP contribution < -0.4 is 10.6 Å². The quantitative estimate of drug-likeness (QED) is 0.789. The highest BCUT2D eigenvalue weighted by atomic mass is 19.4. The van der Waals surface area contributed by atoms with Crippen molar-refractivity contribution >= 4 is 5.91 Å². The van der Waals surface area contributed by atoms with Crippen molar-refractivity contribution < 1.29 is 18.0 Å². The number of hydrogen-bond donors (Lipinski definition) is 2. The summed E-state index contributed by atoms with van der Waals surface area (Å²) in [5, 5.41) is 5.11. The van der Waals surface area contributed by atoms with Gasteiger partial charge < -0.3 is 10.6 Å². The number of halogens is 3. The van der Waals surface area contributed by atoms with Crippen LogP contribution in [0.4, 0.5) is 13.2 Å². The minimum absolute atomic E-state index is 0.0376. The molecule has 0 atom stereocenters. The fourth-order valence-electron chi connectivity index (χ4n) is 1.91. The molecule has 106 valence electrons. The average molecular weight is 267 g/mol. The lowest BCUT2D eigenvalue weighted by Crippen LogP contribution is -2.52. The molecule has 0 unspecified atom stereocenters. The average Bonchev–Trinajstić information content (AvgIpc) is 2.29. The largest absolute Gasteiger partial charge is 0.405 e. The second kappa shape index (κ2) is 5.88. The van der Waals surface area contributed by atoms with Crippen molar-refractivity contribution in [3.05, 3.63) is 0 Å². The molecule has 0 radical (unpaired) electrons. The van der Waals surface area contributed by atoms with Gasteiger partial charge in [-0.05, 0) is 26.8 Å². The molecule has 1 aliphatic heterocycles. The predicted molar refractivity (Wildman–Crippen MR) is 62.2 cm³/mol. The second-order valence-electron chi connectivity index (χ2n) is 4.98. The van der Waals surface area contributed by atoms with Gasteiger partial charge in [-0.15, -0.1) is 0 Å². The van der Waals surface area contributed by atoms with E-state index < -0.39 is 18.6 Å². The van der Waals surface area contributed by atoms with Crippen molar-refractivity contribution in [1.82, 2.24) is 15.5 Å². The Kier molecular flexibility index (Phi) is 4.98. The van der Waals surface area contributed by atoms with Crippen molar-refractivity contribution in [3.63, 3.8) is 0 Å². The second-order valence-corrected chi connectivity index (χ2v) is 4.98. The SMILES string of the molecule is CNC1(C)CCN(CC(=O)NCC(F)(F)F)CC1. The van der Waals surface area contributed by atoms with E-state index in [2.05, 4.69) is 12.2 Å². The Morgan fingerprint density at radius 2 is 1.89 bits per heavy atom. The number of amides is 1. The monoisotopic (exact) mass is 267 g/mol. The summed E-state index contributed by atoms with van der Waals surface area (Å²) in [7, 11) is 1.89. The zero-order chi connectivity index (χ0) is 13.8. The molecule has 0 aromatic rings. The van der Waals surface area contributed by atoms with Gasteiger partial charge in [0.05, 0.1) is 6.54 Å². The summed E-state index contributed by atoms with van der Waals surface area (Å²) in [4.78, 5) is 13.2. The maximum absolute atomic E-state index is 11.9. The van der Waals surface area contributed by atoms with Crippen molar-refractivity contribution in [1.29, 1.82) is 0 Å². The molecule has 0 bridgehead atoms. The smallest absolute Gasteiger partial charge is 0.346 e. The number of rotatable bonds is 4. The van der Waals surface area contributed by atoms with Gasteiger partial charge in [-0.3, -0.25) is 9.69 Å². The third kappa shape index (κ3) is 5.22. The first-order valence-electron chi connectivity index (χ1n) is 5.99. The first kappa shape index (κ1) is 15.2. The molecule has 1 amide bonds. The third-order valence-corrected chi connectivity index (χ3v) is 3.42. The van der Waals surface area contributed by atoms with E-state index >= 15 is 0 Å². The van der Waals surface area contributed by atoms with Crippen molar-refractivity contribution in [2.75, 3.05) is 33.2 Å². The highest BCUT2D eigenvalue weighted by molar-refractivity contribution is 5.78. The number of hydrogen-bond acceptors (Lipinski definition) is 3. The summed E-state index contributed by atoms with van der Waals surface area (Å²) >= 11 is 0. The zero-order valence-corrected chi connectivity index (χ0v) is 10.7. The van der Waals surface area contributed by atoms with E-state index in [1.807, 2.05) is 17.3 Å². The lowest BCUT2D eigenvalue weighted by atomic mass is 9.90. The van der Waals surface area contributed by atoms with Gasteiger partial charge in [0, 0.05) is 18.6 Å². The molecular formula is C11H20F3N3O. The van der Waals surface area contributed by atoms with Crippen LogP contribution in [0.2, 0.25) is 0 Å². The Balaban J connectivity index is 2.27. The molecule has 0 aliphatic carbocycles. The number of carbonyl (C=O) groups excluding carboxylic acids is 1. The van der Waals surface area contributed by atoms with E-state index in [-0.39, 0.29) is 12.1 Å². The number of piperidine rings is 1. The first-order valence-corrected chi connectivity index (χ1v) is 5.99. The minimum Gasteiger partial charge on any atom is -0.346 e. The van der Waals surface area contributed by atoms with E-state index in [4.69, 9.17) is 0 Å². The van der Waals surface area contributed by atoms with Crippen LogP contribution in [0, 0.1) is 0 Å². The maximum Gasteiger partial charge on any atom is 0.405 e. The zero-order valence-electron chi connectivity index (χ0n) is 10.7. The van der Waals surface area contributed by atoms with Crippen LogP contribution in [-0.2, 0) is 4.79 Å². The summed E-state index contributed by atoms with van der Waals surface area (Å²) in [5.74, 6) is -0.569. The fraction of sp³-hybridized carbons (Fsp3) is 0.909. The lowest BCUT2D eigenvalue weighted by Gasteiger charge is -2.39. The molecular weight excluding hydrogens is 247 g/mol.